The van der Waals surface area contributed by atoms with Crippen molar-refractivity contribution < 1.29 is 22.3 Å². The minimum absolute atomic E-state index is 0.00278. The second-order valence-corrected chi connectivity index (χ2v) is 8.91. The van der Waals surface area contributed by atoms with Crippen LogP contribution in [-0.2, 0) is 12.6 Å². The van der Waals surface area contributed by atoms with Gasteiger partial charge in [0.2, 0.25) is 0 Å². The Kier molecular flexibility index (Phi) is 6.49. The maximum Gasteiger partial charge on any atom is 0.416 e. The Bertz CT molecular complexity index is 1610. The molecule has 0 saturated carbocycles. The molecule has 1 aromatic carbocycles. The Labute approximate surface area is 215 Å². The number of hydrogen-bond donors (Lipinski definition) is 3. The van der Waals surface area contributed by atoms with Crippen molar-refractivity contribution in [3.05, 3.63) is 71.4 Å². The van der Waals surface area contributed by atoms with Crippen LogP contribution in [0.1, 0.15) is 22.6 Å². The maximum atomic E-state index is 13.0. The number of H-pyrrole nitrogens is 1. The zero-order valence-corrected chi connectivity index (χ0v) is 20.5. The van der Waals surface area contributed by atoms with Crippen molar-refractivity contribution in [1.82, 2.24) is 25.1 Å². The molecule has 5 N–H and O–H groups in total. The van der Waals surface area contributed by atoms with Gasteiger partial charge in [-0.2, -0.15) is 18.3 Å². The number of alkyl halides is 3. The molecule has 0 aliphatic rings. The van der Waals surface area contributed by atoms with Crippen LogP contribution in [0.3, 0.4) is 0 Å². The van der Waals surface area contributed by atoms with Gasteiger partial charge < -0.3 is 20.6 Å². The van der Waals surface area contributed by atoms with Gasteiger partial charge in [-0.3, -0.25) is 5.10 Å². The van der Waals surface area contributed by atoms with E-state index in [0.29, 0.717) is 39.4 Å². The molecule has 1 atom stereocenters. The summed E-state index contributed by atoms with van der Waals surface area (Å²) < 4.78 is 50.5. The Morgan fingerprint density at radius 3 is 2.66 bits per heavy atom. The molecule has 12 heteroatoms. The predicted molar refractivity (Wildman–Crippen MR) is 135 cm³/mol. The third-order valence-electron chi connectivity index (χ3n) is 6.05. The highest BCUT2D eigenvalue weighted by atomic mass is 19.4. The highest BCUT2D eigenvalue weighted by Crippen LogP contribution is 2.37. The normalized spacial score (nSPS) is 12.7. The first-order valence-corrected chi connectivity index (χ1v) is 11.7. The number of anilines is 1. The molecule has 4 aromatic heterocycles. The summed E-state index contributed by atoms with van der Waals surface area (Å²) in [5.41, 5.74) is 16.4. The van der Waals surface area contributed by atoms with E-state index in [-0.39, 0.29) is 24.6 Å². The lowest BCUT2D eigenvalue weighted by atomic mass is 10.0. The number of aromatic amines is 1. The lowest BCUT2D eigenvalue weighted by molar-refractivity contribution is -0.137. The van der Waals surface area contributed by atoms with Gasteiger partial charge in [-0.05, 0) is 44.0 Å². The van der Waals surface area contributed by atoms with Crippen molar-refractivity contribution in [2.24, 2.45) is 5.73 Å². The first-order chi connectivity index (χ1) is 18.1. The zero-order chi connectivity index (χ0) is 27.0. The van der Waals surface area contributed by atoms with Crippen LogP contribution in [0.25, 0.3) is 33.7 Å². The van der Waals surface area contributed by atoms with Crippen molar-refractivity contribution >= 4 is 17.0 Å². The van der Waals surface area contributed by atoms with Crippen molar-refractivity contribution in [2.45, 2.75) is 32.5 Å². The van der Waals surface area contributed by atoms with Crippen LogP contribution in [-0.4, -0.2) is 37.8 Å². The van der Waals surface area contributed by atoms with Crippen LogP contribution in [0.4, 0.5) is 19.0 Å². The molecule has 5 rings (SSSR count). The number of nitrogens with zero attached hydrogens (tertiary/aromatic N) is 4. The number of nitrogens with one attached hydrogen (secondary N) is 1. The van der Waals surface area contributed by atoms with Crippen LogP contribution in [0.5, 0.6) is 5.75 Å². The second-order valence-electron chi connectivity index (χ2n) is 8.91. The summed E-state index contributed by atoms with van der Waals surface area (Å²) in [6.45, 7) is 3.65. The van der Waals surface area contributed by atoms with Gasteiger partial charge in [0.05, 0.1) is 35.1 Å². The number of pyridine rings is 1. The van der Waals surface area contributed by atoms with Crippen LogP contribution >= 0.6 is 0 Å². The number of nitrogen functional groups attached to an aromatic ring is 1. The molecular weight excluding hydrogens is 499 g/mol. The molecule has 0 saturated heterocycles. The summed E-state index contributed by atoms with van der Waals surface area (Å²) >= 11 is 0. The minimum atomic E-state index is -4.43. The molecule has 0 spiro atoms. The number of nitrogens with two attached hydrogens (primary N) is 2. The lowest BCUT2D eigenvalue weighted by Crippen LogP contribution is -2.30. The van der Waals surface area contributed by atoms with Gasteiger partial charge >= 0.3 is 6.18 Å². The van der Waals surface area contributed by atoms with Crippen molar-refractivity contribution in [1.29, 1.82) is 0 Å². The van der Waals surface area contributed by atoms with E-state index in [1.165, 1.54) is 6.07 Å². The summed E-state index contributed by atoms with van der Waals surface area (Å²) in [6.07, 6.45) is -1.11. The monoisotopic (exact) mass is 523 g/mol. The number of benzene rings is 1. The van der Waals surface area contributed by atoms with Gasteiger partial charge in [-0.1, -0.05) is 18.2 Å². The number of fused-ring (bicyclic) bond motifs is 1. The van der Waals surface area contributed by atoms with Gasteiger partial charge in [-0.15, -0.1) is 0 Å². The largest absolute Gasteiger partial charge is 0.488 e. The van der Waals surface area contributed by atoms with Crippen molar-refractivity contribution in [3.8, 4) is 28.3 Å². The van der Waals surface area contributed by atoms with E-state index in [1.807, 2.05) is 13.8 Å². The van der Waals surface area contributed by atoms with Crippen LogP contribution < -0.4 is 16.2 Å². The molecular formula is C26H24F3N7O2. The van der Waals surface area contributed by atoms with Gasteiger partial charge in [0.15, 0.2) is 17.2 Å². The second kappa shape index (κ2) is 9.78. The zero-order valence-electron chi connectivity index (χ0n) is 20.5. The van der Waals surface area contributed by atoms with E-state index in [1.54, 1.807) is 30.7 Å². The van der Waals surface area contributed by atoms with Crippen LogP contribution in [0, 0.1) is 13.8 Å². The predicted octanol–water partition coefficient (Wildman–Crippen LogP) is 4.84. The molecule has 4 heterocycles. The van der Waals surface area contributed by atoms with E-state index in [9.17, 15) is 13.2 Å². The Morgan fingerprint density at radius 1 is 1.11 bits per heavy atom. The van der Waals surface area contributed by atoms with Gasteiger partial charge in [0.25, 0.3) is 0 Å². The number of rotatable bonds is 7. The average molecular weight is 524 g/mol. The summed E-state index contributed by atoms with van der Waals surface area (Å²) in [7, 11) is 0. The standard InChI is InChI=1S/C26H24F3N7O2/c1-13-22-25(36-35-13)32-11-20(33-22)19-10-21(24(31)34-23(19)18-6-7-37-14(18)2)38-12-17(30)9-15-4-3-5-16(8-15)26(27,28)29/h3-8,10-11,17H,9,12,30H2,1-2H3,(H2,31,34)(H,32,35,36)/t17-/m0/s1. The molecule has 0 aliphatic carbocycles. The smallest absolute Gasteiger partial charge is 0.416 e. The molecule has 5 aromatic rings. The van der Waals surface area contributed by atoms with Gasteiger partial charge in [0, 0.05) is 17.2 Å². The number of aromatic nitrogens is 5. The average Bonchev–Trinajstić information content (AvgIpc) is 3.47. The van der Waals surface area contributed by atoms with Crippen molar-refractivity contribution in [2.75, 3.05) is 12.3 Å². The Balaban J connectivity index is 1.44. The Morgan fingerprint density at radius 2 is 1.92 bits per heavy atom. The minimum Gasteiger partial charge on any atom is -0.488 e. The van der Waals surface area contributed by atoms with Crippen molar-refractivity contribution in [3.63, 3.8) is 0 Å². The summed E-state index contributed by atoms with van der Waals surface area (Å²) in [5, 5.41) is 6.99. The fourth-order valence-electron chi connectivity index (χ4n) is 4.12. The molecule has 38 heavy (non-hydrogen) atoms. The quantitative estimate of drug-likeness (QED) is 0.275. The molecule has 0 radical (unpaired) electrons. The maximum absolute atomic E-state index is 13.0. The number of hydrogen-bond acceptors (Lipinski definition) is 8. The van der Waals surface area contributed by atoms with E-state index in [0.717, 1.165) is 23.4 Å². The molecule has 0 amide bonds. The van der Waals surface area contributed by atoms with Crippen LogP contribution in [0.15, 0.2) is 53.3 Å². The molecule has 0 fully saturated rings. The highest BCUT2D eigenvalue weighted by molar-refractivity contribution is 5.85. The summed E-state index contributed by atoms with van der Waals surface area (Å²) in [4.78, 5) is 13.7. The fourth-order valence-corrected chi connectivity index (χ4v) is 4.12. The number of halogens is 3. The summed E-state index contributed by atoms with van der Waals surface area (Å²) in [6, 6.07) is 7.94. The van der Waals surface area contributed by atoms with Gasteiger partial charge in [0.1, 0.15) is 17.9 Å². The van der Waals surface area contributed by atoms with Gasteiger partial charge in [-0.25, -0.2) is 15.0 Å². The van der Waals surface area contributed by atoms with E-state index < -0.39 is 17.8 Å². The molecule has 196 valence electrons. The third kappa shape index (κ3) is 5.02. The fraction of sp³-hybridized carbons (Fsp3) is 0.231. The first-order valence-electron chi connectivity index (χ1n) is 11.7. The Hall–Kier alpha value is -4.45. The van der Waals surface area contributed by atoms with Crippen LogP contribution in [0.2, 0.25) is 0 Å². The third-order valence-corrected chi connectivity index (χ3v) is 6.05. The topological polar surface area (TPSA) is 142 Å². The molecule has 0 aliphatic heterocycles. The first kappa shape index (κ1) is 25.2. The van der Waals surface area contributed by atoms with E-state index in [2.05, 4.69) is 20.2 Å². The molecule has 0 unspecified atom stereocenters. The molecule has 9 nitrogen and oxygen atoms in total. The molecule has 0 bridgehead atoms. The number of aryl methyl sites for hydroxylation is 2. The number of ether oxygens (including phenoxy) is 1. The summed E-state index contributed by atoms with van der Waals surface area (Å²) in [5.74, 6) is 1.02. The highest BCUT2D eigenvalue weighted by Gasteiger charge is 2.30. The van der Waals surface area contributed by atoms with E-state index in [4.69, 9.17) is 25.6 Å². The lowest BCUT2D eigenvalue weighted by Gasteiger charge is -2.17. The number of furan rings is 1. The van der Waals surface area contributed by atoms with E-state index >= 15 is 0 Å². The SMILES string of the molecule is Cc1occc1-c1nc(N)c(OC[C@@H](N)Cc2cccc(C(F)(F)F)c2)cc1-c1cnc2n[nH]c(C)c2n1.